The van der Waals surface area contributed by atoms with Crippen molar-refractivity contribution >= 4 is 28.4 Å². The molecule has 1 saturated heterocycles. The average Bonchev–Trinajstić information content (AvgIpc) is 3.01. The van der Waals surface area contributed by atoms with Gasteiger partial charge in [0.05, 0.1) is 10.9 Å². The highest BCUT2D eigenvalue weighted by Crippen LogP contribution is 2.31. The highest BCUT2D eigenvalue weighted by atomic mass is 35.5. The lowest BCUT2D eigenvalue weighted by atomic mass is 9.98. The monoisotopic (exact) mass is 331 g/mol. The van der Waals surface area contributed by atoms with Crippen LogP contribution >= 0.6 is 11.6 Å². The standard InChI is InChI=1S/C15H14ClN5O2/c1-20-13(18-19-15(20)23)8-6-21(7-8)14(22)12-11(16)9-4-2-3-5-10(9)17-12/h2-5,8,17H,6-7H2,1H3,(H,19,23). The van der Waals surface area contributed by atoms with Crippen molar-refractivity contribution < 1.29 is 4.79 Å². The van der Waals surface area contributed by atoms with Gasteiger partial charge in [0.2, 0.25) is 0 Å². The first-order chi connectivity index (χ1) is 11.1. The summed E-state index contributed by atoms with van der Waals surface area (Å²) in [6.45, 7) is 1.03. The molecule has 8 heteroatoms. The molecular formula is C15H14ClN5O2. The number of rotatable bonds is 2. The number of halogens is 1. The fourth-order valence-electron chi connectivity index (χ4n) is 2.95. The number of likely N-dealkylation sites (tertiary alicyclic amines) is 1. The van der Waals surface area contributed by atoms with E-state index < -0.39 is 0 Å². The molecule has 2 aromatic heterocycles. The van der Waals surface area contributed by atoms with Crippen LogP contribution in [0.3, 0.4) is 0 Å². The van der Waals surface area contributed by atoms with Crippen molar-refractivity contribution in [3.8, 4) is 0 Å². The maximum Gasteiger partial charge on any atom is 0.343 e. The van der Waals surface area contributed by atoms with E-state index in [9.17, 15) is 9.59 Å². The second-order valence-electron chi connectivity index (χ2n) is 5.71. The number of nitrogens with zero attached hydrogens (tertiary/aromatic N) is 3. The third-order valence-corrected chi connectivity index (χ3v) is 4.70. The fraction of sp³-hybridized carbons (Fsp3) is 0.267. The Morgan fingerprint density at radius 3 is 2.74 bits per heavy atom. The smallest absolute Gasteiger partial charge is 0.343 e. The van der Waals surface area contributed by atoms with E-state index in [4.69, 9.17) is 11.6 Å². The third-order valence-electron chi connectivity index (χ3n) is 4.30. The van der Waals surface area contributed by atoms with E-state index in [0.717, 1.165) is 10.9 Å². The lowest BCUT2D eigenvalue weighted by Gasteiger charge is -2.38. The number of hydrogen-bond acceptors (Lipinski definition) is 3. The van der Waals surface area contributed by atoms with E-state index in [1.54, 1.807) is 11.9 Å². The topological polar surface area (TPSA) is 86.8 Å². The van der Waals surface area contributed by atoms with Crippen LogP contribution in [0.25, 0.3) is 10.9 Å². The van der Waals surface area contributed by atoms with Crippen LogP contribution < -0.4 is 5.69 Å². The highest BCUT2D eigenvalue weighted by molar-refractivity contribution is 6.38. The molecular weight excluding hydrogens is 318 g/mol. The number of carbonyl (C=O) groups excluding carboxylic acids is 1. The minimum atomic E-state index is -0.247. The van der Waals surface area contributed by atoms with Gasteiger partial charge in [0.25, 0.3) is 5.91 Å². The molecule has 3 heterocycles. The summed E-state index contributed by atoms with van der Waals surface area (Å²) in [4.78, 5) is 28.8. The fourth-order valence-corrected chi connectivity index (χ4v) is 3.24. The average molecular weight is 332 g/mol. The maximum absolute atomic E-state index is 12.6. The number of fused-ring (bicyclic) bond motifs is 1. The summed E-state index contributed by atoms with van der Waals surface area (Å²) in [5.74, 6) is 0.593. The van der Waals surface area contributed by atoms with Gasteiger partial charge in [0.15, 0.2) is 0 Å². The number of benzene rings is 1. The molecule has 2 N–H and O–H groups in total. The molecule has 4 rings (SSSR count). The summed E-state index contributed by atoms with van der Waals surface area (Å²) in [6.07, 6.45) is 0. The van der Waals surface area contributed by atoms with Crippen LogP contribution in [-0.4, -0.2) is 43.6 Å². The van der Waals surface area contributed by atoms with Gasteiger partial charge in [-0.25, -0.2) is 9.89 Å². The van der Waals surface area contributed by atoms with Gasteiger partial charge < -0.3 is 9.88 Å². The zero-order valence-electron chi connectivity index (χ0n) is 12.3. The van der Waals surface area contributed by atoms with Crippen LogP contribution in [0.15, 0.2) is 29.1 Å². The van der Waals surface area contributed by atoms with Crippen LogP contribution in [0.5, 0.6) is 0 Å². The van der Waals surface area contributed by atoms with Crippen molar-refractivity contribution in [3.05, 3.63) is 51.3 Å². The van der Waals surface area contributed by atoms with Gasteiger partial charge in [-0.1, -0.05) is 29.8 Å². The number of amides is 1. The molecule has 1 aliphatic heterocycles. The quantitative estimate of drug-likeness (QED) is 0.745. The predicted molar refractivity (Wildman–Crippen MR) is 85.8 cm³/mol. The van der Waals surface area contributed by atoms with Gasteiger partial charge >= 0.3 is 5.69 Å². The van der Waals surface area contributed by atoms with E-state index in [1.807, 2.05) is 24.3 Å². The molecule has 23 heavy (non-hydrogen) atoms. The van der Waals surface area contributed by atoms with E-state index >= 15 is 0 Å². The molecule has 0 atom stereocenters. The zero-order chi connectivity index (χ0) is 16.1. The van der Waals surface area contributed by atoms with E-state index in [1.165, 1.54) is 4.57 Å². The number of carbonyl (C=O) groups is 1. The summed E-state index contributed by atoms with van der Waals surface area (Å²) in [7, 11) is 1.67. The van der Waals surface area contributed by atoms with E-state index in [0.29, 0.717) is 29.6 Å². The normalized spacial score (nSPS) is 15.1. The van der Waals surface area contributed by atoms with Crippen LogP contribution in [0.4, 0.5) is 0 Å². The van der Waals surface area contributed by atoms with Crippen molar-refractivity contribution in [1.82, 2.24) is 24.6 Å². The Bertz CT molecular complexity index is 964. The van der Waals surface area contributed by atoms with Crippen LogP contribution in [0.2, 0.25) is 5.02 Å². The van der Waals surface area contributed by atoms with Crippen LogP contribution in [0, 0.1) is 0 Å². The van der Waals surface area contributed by atoms with Crippen LogP contribution in [-0.2, 0) is 7.05 Å². The minimum absolute atomic E-state index is 0.0612. The molecule has 118 valence electrons. The molecule has 0 bridgehead atoms. The number of H-pyrrole nitrogens is 2. The van der Waals surface area contributed by atoms with Crippen molar-refractivity contribution in [2.45, 2.75) is 5.92 Å². The van der Waals surface area contributed by atoms with Gasteiger partial charge in [-0.2, -0.15) is 5.10 Å². The third kappa shape index (κ3) is 2.08. The molecule has 7 nitrogen and oxygen atoms in total. The minimum Gasteiger partial charge on any atom is -0.349 e. The maximum atomic E-state index is 12.6. The molecule has 1 amide bonds. The molecule has 0 radical (unpaired) electrons. The summed E-state index contributed by atoms with van der Waals surface area (Å²) in [5, 5.41) is 7.71. The Balaban J connectivity index is 1.56. The lowest BCUT2D eigenvalue weighted by Crippen LogP contribution is -2.49. The second-order valence-corrected chi connectivity index (χ2v) is 6.09. The number of hydrogen-bond donors (Lipinski definition) is 2. The molecule has 1 aliphatic rings. The number of aromatic amines is 2. The lowest BCUT2D eigenvalue weighted by molar-refractivity contribution is 0.0586. The Morgan fingerprint density at radius 1 is 1.35 bits per heavy atom. The molecule has 1 aromatic carbocycles. The van der Waals surface area contributed by atoms with Gasteiger partial charge in [-0.15, -0.1) is 0 Å². The van der Waals surface area contributed by atoms with Gasteiger partial charge in [-0.3, -0.25) is 9.36 Å². The molecule has 0 saturated carbocycles. The first-order valence-corrected chi connectivity index (χ1v) is 7.61. The summed E-state index contributed by atoms with van der Waals surface area (Å²) < 4.78 is 1.47. The summed E-state index contributed by atoms with van der Waals surface area (Å²) >= 11 is 6.32. The summed E-state index contributed by atoms with van der Waals surface area (Å²) in [5.41, 5.74) is 0.998. The van der Waals surface area contributed by atoms with E-state index in [2.05, 4.69) is 15.2 Å². The Hall–Kier alpha value is -2.54. The van der Waals surface area contributed by atoms with Crippen LogP contribution in [0.1, 0.15) is 22.2 Å². The van der Waals surface area contributed by atoms with Gasteiger partial charge in [0, 0.05) is 31.0 Å². The zero-order valence-corrected chi connectivity index (χ0v) is 13.1. The van der Waals surface area contributed by atoms with Crippen molar-refractivity contribution in [1.29, 1.82) is 0 Å². The molecule has 0 aliphatic carbocycles. The van der Waals surface area contributed by atoms with E-state index in [-0.39, 0.29) is 17.5 Å². The molecule has 0 unspecified atom stereocenters. The summed E-state index contributed by atoms with van der Waals surface area (Å²) in [6, 6.07) is 7.54. The first kappa shape index (κ1) is 14.1. The van der Waals surface area contributed by atoms with Crippen molar-refractivity contribution in [2.24, 2.45) is 7.05 Å². The van der Waals surface area contributed by atoms with Gasteiger partial charge in [-0.05, 0) is 6.07 Å². The Morgan fingerprint density at radius 2 is 2.09 bits per heavy atom. The molecule has 0 spiro atoms. The Kier molecular flexibility index (Phi) is 3.05. The SMILES string of the molecule is Cn1c(C2CN(C(=O)c3[nH]c4ccccc4c3Cl)C2)n[nH]c1=O. The largest absolute Gasteiger partial charge is 0.349 e. The number of aromatic nitrogens is 4. The van der Waals surface area contributed by atoms with Crippen molar-refractivity contribution in [2.75, 3.05) is 13.1 Å². The van der Waals surface area contributed by atoms with Gasteiger partial charge in [0.1, 0.15) is 11.5 Å². The predicted octanol–water partition coefficient (Wildman–Crippen LogP) is 1.48. The molecule has 3 aromatic rings. The molecule has 1 fully saturated rings. The van der Waals surface area contributed by atoms with Crippen molar-refractivity contribution in [3.63, 3.8) is 0 Å². The number of nitrogens with one attached hydrogen (secondary N) is 2. The highest BCUT2D eigenvalue weighted by Gasteiger charge is 2.36. The first-order valence-electron chi connectivity index (χ1n) is 7.23. The second kappa shape index (κ2) is 4.99. The number of para-hydroxylation sites is 1. The Labute approximate surface area is 135 Å².